The summed E-state index contributed by atoms with van der Waals surface area (Å²) in [6.07, 6.45) is 9.81. The highest BCUT2D eigenvalue weighted by Crippen LogP contribution is 2.62. The molecule has 8 atom stereocenters. The zero-order valence-electron chi connectivity index (χ0n) is 32.3. The standard InChI is InChI=1S/C39H66N6O7/c1-21(2)12-30-35(48)44-33(28-10-8-7-9-11-28)37(50)42-29(20-40)34(47)43-32(23(4)46)36(49)41-24(5)52-31(22(3)38(51)45(30)6)19-39-16-25-13-26(17-39)15-27(14-25)18-39/h21-33,46H,7-20,40H2,1-6H3,(H,41,49)(H,42,50)(H,43,47)(H,44,48)/t22-,23+,24+,25?,26?,27?,29+,30+,31-,32+,33+,39?/m1/s1. The average molecular weight is 731 g/mol. The number of hydrogen-bond donors (Lipinski definition) is 6. The van der Waals surface area contributed by atoms with Crippen LogP contribution in [0.1, 0.15) is 118 Å². The molecule has 6 rings (SSSR count). The van der Waals surface area contributed by atoms with E-state index in [0.717, 1.165) is 51.4 Å². The molecule has 13 heteroatoms. The maximum atomic E-state index is 14.6. The second-order valence-electron chi connectivity index (χ2n) is 17.7. The monoisotopic (exact) mass is 730 g/mol. The molecule has 1 aliphatic heterocycles. The van der Waals surface area contributed by atoms with Gasteiger partial charge in [-0.25, -0.2) is 0 Å². The van der Waals surface area contributed by atoms with Crippen molar-refractivity contribution in [2.75, 3.05) is 13.6 Å². The zero-order valence-corrected chi connectivity index (χ0v) is 32.3. The summed E-state index contributed by atoms with van der Waals surface area (Å²) in [7, 11) is 1.66. The van der Waals surface area contributed by atoms with Gasteiger partial charge in [0.25, 0.3) is 0 Å². The molecular weight excluding hydrogens is 664 g/mol. The van der Waals surface area contributed by atoms with E-state index in [2.05, 4.69) is 21.3 Å². The number of ether oxygens (including phenoxy) is 1. The molecule has 294 valence electrons. The van der Waals surface area contributed by atoms with Gasteiger partial charge in [0.1, 0.15) is 30.4 Å². The number of likely N-dealkylation sites (N-methyl/N-ethyl adjacent to an activating group) is 1. The van der Waals surface area contributed by atoms with Crippen molar-refractivity contribution in [3.63, 3.8) is 0 Å². The number of aliphatic hydroxyl groups is 1. The Kier molecular flexibility index (Phi) is 13.3. The zero-order chi connectivity index (χ0) is 37.9. The summed E-state index contributed by atoms with van der Waals surface area (Å²) in [5, 5.41) is 21.7. The van der Waals surface area contributed by atoms with Gasteiger partial charge in [-0.3, -0.25) is 24.0 Å². The van der Waals surface area contributed by atoms with E-state index < -0.39 is 72.1 Å². The largest absolute Gasteiger partial charge is 0.391 e. The van der Waals surface area contributed by atoms with Gasteiger partial charge in [0, 0.05) is 13.6 Å². The summed E-state index contributed by atoms with van der Waals surface area (Å²) in [6, 6.07) is -4.38. The highest BCUT2D eigenvalue weighted by molar-refractivity contribution is 5.96. The van der Waals surface area contributed by atoms with Crippen LogP contribution in [-0.2, 0) is 28.7 Å². The Morgan fingerprint density at radius 3 is 1.96 bits per heavy atom. The highest BCUT2D eigenvalue weighted by atomic mass is 16.5. The SMILES string of the molecule is CC(C)C[C@H]1C(=O)N[C@@H](C2CCCCC2)C(=O)N[C@@H](CN)C(=O)N[C@@H]([C@H](C)O)C(=O)N[C@H](C)O[C@H](CC23CC4CC(CC(C4)C2)C3)[C@@H](C)C(=O)N1C. The third-order valence-electron chi connectivity index (χ3n) is 12.9. The molecule has 5 amide bonds. The molecule has 0 aromatic heterocycles. The van der Waals surface area contributed by atoms with Crippen LogP contribution in [0.25, 0.3) is 0 Å². The van der Waals surface area contributed by atoms with Gasteiger partial charge < -0.3 is 41.7 Å². The summed E-state index contributed by atoms with van der Waals surface area (Å²) in [5.74, 6) is -1.24. The van der Waals surface area contributed by atoms with Crippen molar-refractivity contribution in [1.82, 2.24) is 26.2 Å². The van der Waals surface area contributed by atoms with Crippen LogP contribution in [-0.4, -0.2) is 95.7 Å². The van der Waals surface area contributed by atoms with E-state index in [1.54, 1.807) is 14.0 Å². The molecule has 0 aromatic carbocycles. The fraction of sp³-hybridized carbons (Fsp3) is 0.872. The number of nitrogens with zero attached hydrogens (tertiary/aromatic N) is 1. The minimum atomic E-state index is -1.36. The van der Waals surface area contributed by atoms with E-state index >= 15 is 0 Å². The van der Waals surface area contributed by atoms with Crippen molar-refractivity contribution in [1.29, 1.82) is 0 Å². The number of amides is 5. The Morgan fingerprint density at radius 1 is 0.827 bits per heavy atom. The molecular formula is C39H66N6O7. The van der Waals surface area contributed by atoms with Gasteiger partial charge in [0.05, 0.1) is 18.1 Å². The normalized spacial score (nSPS) is 39.3. The van der Waals surface area contributed by atoms with Crippen LogP contribution in [0.5, 0.6) is 0 Å². The number of carbonyl (C=O) groups is 5. The lowest BCUT2D eigenvalue weighted by Crippen LogP contribution is -2.63. The number of nitrogens with two attached hydrogens (primary N) is 1. The molecule has 0 aromatic rings. The predicted molar refractivity (Wildman–Crippen MR) is 196 cm³/mol. The van der Waals surface area contributed by atoms with Gasteiger partial charge in [-0.15, -0.1) is 0 Å². The number of hydrogen-bond acceptors (Lipinski definition) is 8. The summed E-state index contributed by atoms with van der Waals surface area (Å²) < 4.78 is 6.64. The summed E-state index contributed by atoms with van der Waals surface area (Å²) in [5.41, 5.74) is 6.03. The molecule has 52 heavy (non-hydrogen) atoms. The Balaban J connectivity index is 1.50. The second-order valence-corrected chi connectivity index (χ2v) is 17.7. The van der Waals surface area contributed by atoms with Crippen molar-refractivity contribution >= 4 is 29.5 Å². The van der Waals surface area contributed by atoms with E-state index in [1.165, 1.54) is 31.1 Å². The lowest BCUT2D eigenvalue weighted by atomic mass is 9.48. The first-order chi connectivity index (χ1) is 24.6. The number of nitrogens with one attached hydrogen (secondary N) is 4. The van der Waals surface area contributed by atoms with Crippen LogP contribution >= 0.6 is 0 Å². The molecule has 7 N–H and O–H groups in total. The first-order valence-electron chi connectivity index (χ1n) is 20.1. The van der Waals surface area contributed by atoms with Crippen LogP contribution in [0.4, 0.5) is 0 Å². The molecule has 0 unspecified atom stereocenters. The van der Waals surface area contributed by atoms with Crippen LogP contribution < -0.4 is 27.0 Å². The molecule has 1 saturated heterocycles. The topological polar surface area (TPSA) is 192 Å². The van der Waals surface area contributed by atoms with Crippen molar-refractivity contribution in [2.24, 2.45) is 46.7 Å². The van der Waals surface area contributed by atoms with Gasteiger partial charge >= 0.3 is 0 Å². The minimum absolute atomic E-state index is 0.0515. The maximum absolute atomic E-state index is 14.6. The molecule has 13 nitrogen and oxygen atoms in total. The van der Waals surface area contributed by atoms with Crippen molar-refractivity contribution in [3.8, 4) is 0 Å². The molecule has 5 aliphatic carbocycles. The van der Waals surface area contributed by atoms with Crippen molar-refractivity contribution in [3.05, 3.63) is 0 Å². The third-order valence-corrected chi connectivity index (χ3v) is 12.9. The summed E-state index contributed by atoms with van der Waals surface area (Å²) in [4.78, 5) is 71.5. The van der Waals surface area contributed by atoms with Crippen LogP contribution in [0, 0.1) is 40.9 Å². The Hall–Kier alpha value is -2.77. The Bertz CT molecular complexity index is 1270. The van der Waals surface area contributed by atoms with Gasteiger partial charge in [-0.1, -0.05) is 40.0 Å². The summed E-state index contributed by atoms with van der Waals surface area (Å²) in [6.45, 7) is 8.67. The molecule has 1 heterocycles. The fourth-order valence-electron chi connectivity index (χ4n) is 10.7. The highest BCUT2D eigenvalue weighted by Gasteiger charge is 2.52. The van der Waals surface area contributed by atoms with Gasteiger partial charge in [0.2, 0.25) is 29.5 Å². The van der Waals surface area contributed by atoms with E-state index in [-0.39, 0.29) is 29.7 Å². The molecule has 5 saturated carbocycles. The number of aliphatic hydroxyl groups excluding tert-OH is 1. The Morgan fingerprint density at radius 2 is 1.42 bits per heavy atom. The average Bonchev–Trinajstić information content (AvgIpc) is 3.08. The lowest BCUT2D eigenvalue weighted by Gasteiger charge is -2.58. The van der Waals surface area contributed by atoms with Crippen LogP contribution in [0.2, 0.25) is 0 Å². The predicted octanol–water partition coefficient (Wildman–Crippen LogP) is 2.34. The molecule has 4 bridgehead atoms. The molecule has 0 spiro atoms. The lowest BCUT2D eigenvalue weighted by molar-refractivity contribution is -0.156. The first-order valence-corrected chi connectivity index (χ1v) is 20.1. The van der Waals surface area contributed by atoms with E-state index in [9.17, 15) is 29.1 Å². The molecule has 6 fully saturated rings. The quantitative estimate of drug-likeness (QED) is 0.230. The molecule has 6 aliphatic rings. The fourth-order valence-corrected chi connectivity index (χ4v) is 10.7. The van der Waals surface area contributed by atoms with Gasteiger partial charge in [-0.2, -0.15) is 0 Å². The van der Waals surface area contributed by atoms with Crippen molar-refractivity contribution < 1.29 is 33.8 Å². The van der Waals surface area contributed by atoms with Crippen molar-refractivity contribution in [2.45, 2.75) is 161 Å². The van der Waals surface area contributed by atoms with Gasteiger partial charge in [-0.05, 0) is 113 Å². The number of carbonyl (C=O) groups excluding carboxylic acids is 5. The van der Waals surface area contributed by atoms with E-state index in [0.29, 0.717) is 30.6 Å². The van der Waals surface area contributed by atoms with Gasteiger partial charge in [0.15, 0.2) is 0 Å². The van der Waals surface area contributed by atoms with E-state index in [1.807, 2.05) is 20.8 Å². The minimum Gasteiger partial charge on any atom is -0.391 e. The first kappa shape index (κ1) is 40.4. The Labute approximate surface area is 310 Å². The summed E-state index contributed by atoms with van der Waals surface area (Å²) >= 11 is 0. The molecule has 0 radical (unpaired) electrons. The van der Waals surface area contributed by atoms with Crippen LogP contribution in [0.3, 0.4) is 0 Å². The van der Waals surface area contributed by atoms with Crippen LogP contribution in [0.15, 0.2) is 0 Å². The van der Waals surface area contributed by atoms with E-state index in [4.69, 9.17) is 10.5 Å². The smallest absolute Gasteiger partial charge is 0.247 e. The third kappa shape index (κ3) is 9.47. The number of rotatable bonds is 7. The second kappa shape index (κ2) is 17.1. The maximum Gasteiger partial charge on any atom is 0.247 e.